The summed E-state index contributed by atoms with van der Waals surface area (Å²) >= 11 is 1.55. The quantitative estimate of drug-likeness (QED) is 0.529. The van der Waals surface area contributed by atoms with E-state index in [1.165, 1.54) is 0 Å². The molecule has 0 radical (unpaired) electrons. The van der Waals surface area contributed by atoms with E-state index in [-0.39, 0.29) is 11.8 Å². The van der Waals surface area contributed by atoms with E-state index < -0.39 is 11.5 Å². The molecule has 2 aromatic heterocycles. The lowest BCUT2D eigenvalue weighted by molar-refractivity contribution is -0.121. The van der Waals surface area contributed by atoms with Gasteiger partial charge in [-0.05, 0) is 36.2 Å². The first-order chi connectivity index (χ1) is 15.1. The first-order valence-corrected chi connectivity index (χ1v) is 11.0. The van der Waals surface area contributed by atoms with E-state index in [9.17, 15) is 9.59 Å². The van der Waals surface area contributed by atoms with Crippen molar-refractivity contribution < 1.29 is 9.59 Å². The molecule has 6 rings (SSSR count). The summed E-state index contributed by atoms with van der Waals surface area (Å²) < 4.78 is 2.94. The Kier molecular flexibility index (Phi) is 3.82. The number of nitrogens with one attached hydrogen (secondary N) is 1. The number of para-hydroxylation sites is 1. The molecule has 1 N–H and O–H groups in total. The number of hydrogen-bond donors (Lipinski definition) is 1. The van der Waals surface area contributed by atoms with Crippen molar-refractivity contribution in [2.75, 3.05) is 11.9 Å². The van der Waals surface area contributed by atoms with Gasteiger partial charge in [-0.25, -0.2) is 9.97 Å². The van der Waals surface area contributed by atoms with Gasteiger partial charge in [-0.3, -0.25) is 9.59 Å². The maximum absolute atomic E-state index is 13.7. The van der Waals surface area contributed by atoms with Crippen LogP contribution >= 0.6 is 11.3 Å². The summed E-state index contributed by atoms with van der Waals surface area (Å²) in [5, 5.41) is 3.04. The molecule has 2 aromatic carbocycles. The molecule has 0 bridgehead atoms. The van der Waals surface area contributed by atoms with Crippen molar-refractivity contribution in [1.29, 1.82) is 0 Å². The molecular weight excluding hydrogens is 410 g/mol. The van der Waals surface area contributed by atoms with Crippen molar-refractivity contribution in [3.8, 4) is 0 Å². The highest BCUT2D eigenvalue weighted by Gasteiger charge is 2.60. The zero-order valence-corrected chi connectivity index (χ0v) is 17.6. The van der Waals surface area contributed by atoms with Crippen LogP contribution in [-0.2, 0) is 17.3 Å². The zero-order chi connectivity index (χ0) is 21.2. The fourth-order valence-corrected chi connectivity index (χ4v) is 5.72. The SMILES string of the molecule is Cn1ccnc1[C@@H]1N(C(=O)c2ccc3scnc3c2)CC[C@]12C(=O)Nc1ccccc12. The van der Waals surface area contributed by atoms with Gasteiger partial charge in [0.2, 0.25) is 5.91 Å². The van der Waals surface area contributed by atoms with Crippen LogP contribution in [0.3, 0.4) is 0 Å². The molecule has 2 amide bonds. The Balaban J connectivity index is 1.51. The second kappa shape index (κ2) is 6.49. The van der Waals surface area contributed by atoms with E-state index in [0.717, 1.165) is 21.5 Å². The van der Waals surface area contributed by atoms with Crippen LogP contribution in [0.25, 0.3) is 10.2 Å². The molecule has 2 atom stereocenters. The van der Waals surface area contributed by atoms with Crippen molar-refractivity contribution in [1.82, 2.24) is 19.4 Å². The number of thiazole rings is 1. The summed E-state index contributed by atoms with van der Waals surface area (Å²) in [5.41, 5.74) is 4.03. The van der Waals surface area contributed by atoms with Crippen LogP contribution in [0, 0.1) is 0 Å². The van der Waals surface area contributed by atoms with Crippen LogP contribution in [0.1, 0.15) is 34.2 Å². The maximum atomic E-state index is 13.7. The van der Waals surface area contributed by atoms with Crippen molar-refractivity contribution in [2.24, 2.45) is 7.05 Å². The van der Waals surface area contributed by atoms with Crippen molar-refractivity contribution >= 4 is 39.1 Å². The summed E-state index contributed by atoms with van der Waals surface area (Å²) in [6.07, 6.45) is 4.10. The fraction of sp³-hybridized carbons (Fsp3) is 0.217. The summed E-state index contributed by atoms with van der Waals surface area (Å²) in [5.74, 6) is 0.511. The monoisotopic (exact) mass is 429 g/mol. The number of nitrogens with zero attached hydrogens (tertiary/aromatic N) is 4. The molecular formula is C23H19N5O2S. The van der Waals surface area contributed by atoms with Crippen molar-refractivity contribution in [3.63, 3.8) is 0 Å². The molecule has 2 aliphatic heterocycles. The molecule has 0 unspecified atom stereocenters. The normalized spacial score (nSPS) is 22.3. The Hall–Kier alpha value is -3.52. The number of anilines is 1. The fourth-order valence-electron chi connectivity index (χ4n) is 5.06. The van der Waals surface area contributed by atoms with Gasteiger partial charge < -0.3 is 14.8 Å². The molecule has 4 aromatic rings. The van der Waals surface area contributed by atoms with E-state index in [0.29, 0.717) is 24.4 Å². The highest BCUT2D eigenvalue weighted by Crippen LogP contribution is 2.54. The van der Waals surface area contributed by atoms with E-state index >= 15 is 0 Å². The summed E-state index contributed by atoms with van der Waals surface area (Å²) in [6, 6.07) is 12.8. The summed E-state index contributed by atoms with van der Waals surface area (Å²) in [6.45, 7) is 0.465. The van der Waals surface area contributed by atoms with Crippen LogP contribution in [0.15, 0.2) is 60.4 Å². The van der Waals surface area contributed by atoms with E-state index in [1.54, 1.807) is 27.9 Å². The second-order valence-electron chi connectivity index (χ2n) is 8.05. The lowest BCUT2D eigenvalue weighted by Gasteiger charge is -2.33. The van der Waals surface area contributed by atoms with Crippen LogP contribution in [0.4, 0.5) is 5.69 Å². The molecule has 1 fully saturated rings. The third kappa shape index (κ3) is 2.45. The van der Waals surface area contributed by atoms with Crippen LogP contribution < -0.4 is 5.32 Å². The average Bonchev–Trinajstić information content (AvgIpc) is 3.54. The van der Waals surface area contributed by atoms with Gasteiger partial charge >= 0.3 is 0 Å². The van der Waals surface area contributed by atoms with E-state index in [2.05, 4.69) is 15.3 Å². The van der Waals surface area contributed by atoms with Gasteiger partial charge in [-0.2, -0.15) is 0 Å². The van der Waals surface area contributed by atoms with Crippen molar-refractivity contribution in [3.05, 3.63) is 77.3 Å². The molecule has 2 aliphatic rings. The molecule has 7 nitrogen and oxygen atoms in total. The number of rotatable bonds is 2. The van der Waals surface area contributed by atoms with Gasteiger partial charge in [-0.15, -0.1) is 11.3 Å². The molecule has 1 saturated heterocycles. The number of carbonyl (C=O) groups is 2. The minimum absolute atomic E-state index is 0.0769. The Morgan fingerprint density at radius 1 is 1.23 bits per heavy atom. The van der Waals surface area contributed by atoms with Gasteiger partial charge in [-0.1, -0.05) is 18.2 Å². The molecule has 4 heterocycles. The summed E-state index contributed by atoms with van der Waals surface area (Å²) in [4.78, 5) is 37.9. The summed E-state index contributed by atoms with van der Waals surface area (Å²) in [7, 11) is 1.90. The van der Waals surface area contributed by atoms with Gasteiger partial charge in [0.05, 0.1) is 15.7 Å². The highest BCUT2D eigenvalue weighted by molar-refractivity contribution is 7.16. The standard InChI is InChI=1S/C23H19N5O2S/c1-27-11-9-24-20(27)19-23(15-4-2-3-5-16(15)26-22(23)30)8-10-28(19)21(29)14-6-7-18-17(12-14)25-13-31-18/h2-7,9,11-13,19H,8,10H2,1H3,(H,26,30)/t19-,23+/m0/s1. The Labute approximate surface area is 182 Å². The molecule has 154 valence electrons. The smallest absolute Gasteiger partial charge is 0.254 e. The minimum atomic E-state index is -0.865. The molecule has 31 heavy (non-hydrogen) atoms. The lowest BCUT2D eigenvalue weighted by Crippen LogP contribution is -2.43. The number of fused-ring (bicyclic) bond motifs is 3. The van der Waals surface area contributed by atoms with Crippen LogP contribution in [-0.4, -0.2) is 37.8 Å². The molecule has 1 spiro atoms. The van der Waals surface area contributed by atoms with Crippen LogP contribution in [0.2, 0.25) is 0 Å². The predicted molar refractivity (Wildman–Crippen MR) is 118 cm³/mol. The number of likely N-dealkylation sites (tertiary alicyclic amines) is 1. The van der Waals surface area contributed by atoms with Crippen molar-refractivity contribution in [2.45, 2.75) is 17.9 Å². The Bertz CT molecular complexity index is 1360. The highest BCUT2D eigenvalue weighted by atomic mass is 32.1. The van der Waals surface area contributed by atoms with E-state index in [1.807, 2.05) is 60.3 Å². The van der Waals surface area contributed by atoms with Gasteiger partial charge in [0.1, 0.15) is 17.3 Å². The van der Waals surface area contributed by atoms with Gasteiger partial charge in [0.25, 0.3) is 5.91 Å². The predicted octanol–water partition coefficient (Wildman–Crippen LogP) is 3.51. The van der Waals surface area contributed by atoms with E-state index in [4.69, 9.17) is 0 Å². The first-order valence-electron chi connectivity index (χ1n) is 10.1. The largest absolute Gasteiger partial charge is 0.336 e. The number of benzene rings is 2. The van der Waals surface area contributed by atoms with Gasteiger partial charge in [0, 0.05) is 37.2 Å². The number of hydrogen-bond acceptors (Lipinski definition) is 5. The number of amides is 2. The zero-order valence-electron chi connectivity index (χ0n) is 16.8. The third-order valence-corrected chi connectivity index (χ3v) is 7.34. The number of imidazole rings is 1. The third-order valence-electron chi connectivity index (χ3n) is 6.53. The number of carbonyl (C=O) groups excluding carboxylic acids is 2. The molecule has 0 saturated carbocycles. The van der Waals surface area contributed by atoms with Gasteiger partial charge in [0.15, 0.2) is 0 Å². The second-order valence-corrected chi connectivity index (χ2v) is 8.94. The number of aryl methyl sites for hydroxylation is 1. The maximum Gasteiger partial charge on any atom is 0.254 e. The average molecular weight is 430 g/mol. The number of aromatic nitrogens is 3. The van der Waals surface area contributed by atoms with Crippen LogP contribution in [0.5, 0.6) is 0 Å². The molecule has 8 heteroatoms. The lowest BCUT2D eigenvalue weighted by atomic mass is 9.74. The minimum Gasteiger partial charge on any atom is -0.336 e. The Morgan fingerprint density at radius 3 is 2.94 bits per heavy atom. The Morgan fingerprint density at radius 2 is 2.10 bits per heavy atom. The topological polar surface area (TPSA) is 80.1 Å². The first kappa shape index (κ1) is 18.3. The molecule has 0 aliphatic carbocycles.